The molecule has 10 heteroatoms. The first-order valence-electron chi connectivity index (χ1n) is 8.31. The van der Waals surface area contributed by atoms with Crippen LogP contribution in [0.15, 0.2) is 41.2 Å². The van der Waals surface area contributed by atoms with Crippen molar-refractivity contribution in [2.24, 2.45) is 0 Å². The van der Waals surface area contributed by atoms with Crippen molar-refractivity contribution in [2.75, 3.05) is 0 Å². The summed E-state index contributed by atoms with van der Waals surface area (Å²) < 4.78 is 62.3. The molecule has 28 heavy (non-hydrogen) atoms. The molecule has 6 nitrogen and oxygen atoms in total. The number of alkyl halides is 3. The molecule has 0 spiro atoms. The van der Waals surface area contributed by atoms with Crippen LogP contribution in [0.3, 0.4) is 0 Å². The maximum atomic E-state index is 14.0. The maximum absolute atomic E-state index is 14.0. The molecular weight excluding hydrogens is 382 g/mol. The molecule has 0 amide bonds. The van der Waals surface area contributed by atoms with E-state index in [9.17, 15) is 22.7 Å². The third kappa shape index (κ3) is 3.62. The minimum Gasteiger partial charge on any atom is -0.491 e. The average Bonchev–Trinajstić information content (AvgIpc) is 3.04. The van der Waals surface area contributed by atoms with Crippen molar-refractivity contribution < 1.29 is 31.9 Å². The third-order valence-electron chi connectivity index (χ3n) is 4.48. The van der Waals surface area contributed by atoms with Crippen LogP contribution in [0.4, 0.5) is 17.6 Å². The molecule has 0 radical (unpaired) electrons. The van der Waals surface area contributed by atoms with E-state index < -0.39 is 17.6 Å². The zero-order valence-electron chi connectivity index (χ0n) is 14.2. The molecule has 1 N–H and O–H groups in total. The molecule has 0 saturated heterocycles. The Morgan fingerprint density at radius 3 is 2.46 bits per heavy atom. The van der Waals surface area contributed by atoms with E-state index in [1.807, 2.05) is 0 Å². The van der Waals surface area contributed by atoms with Gasteiger partial charge < -0.3 is 14.4 Å². The first-order valence-corrected chi connectivity index (χ1v) is 8.31. The zero-order valence-corrected chi connectivity index (χ0v) is 14.2. The Morgan fingerprint density at radius 1 is 1.11 bits per heavy atom. The van der Waals surface area contributed by atoms with Crippen LogP contribution < -0.4 is 4.74 Å². The van der Waals surface area contributed by atoms with E-state index in [1.165, 1.54) is 12.3 Å². The highest BCUT2D eigenvalue weighted by Crippen LogP contribution is 2.40. The quantitative estimate of drug-likeness (QED) is 0.663. The van der Waals surface area contributed by atoms with Gasteiger partial charge in [0.2, 0.25) is 5.88 Å². The largest absolute Gasteiger partial charge is 0.491 e. The summed E-state index contributed by atoms with van der Waals surface area (Å²) in [5.41, 5.74) is -0.491. The number of aromatic hydroxyl groups is 1. The topological polar surface area (TPSA) is 81.3 Å². The average molecular weight is 395 g/mol. The zero-order chi connectivity index (χ0) is 19.9. The Bertz CT molecular complexity index is 982. The van der Waals surface area contributed by atoms with Crippen LogP contribution in [0, 0.1) is 5.82 Å². The monoisotopic (exact) mass is 395 g/mol. The first kappa shape index (κ1) is 18.2. The number of halogens is 4. The van der Waals surface area contributed by atoms with Gasteiger partial charge in [-0.15, -0.1) is 0 Å². The highest BCUT2D eigenvalue weighted by Gasteiger charge is 2.37. The minimum absolute atomic E-state index is 0.0151. The van der Waals surface area contributed by atoms with Crippen LogP contribution in [-0.2, 0) is 6.18 Å². The Kier molecular flexibility index (Phi) is 4.40. The second-order valence-corrected chi connectivity index (χ2v) is 6.43. The van der Waals surface area contributed by atoms with Gasteiger partial charge in [-0.2, -0.15) is 13.2 Å². The van der Waals surface area contributed by atoms with Gasteiger partial charge in [0.15, 0.2) is 5.76 Å². The van der Waals surface area contributed by atoms with Gasteiger partial charge in [-0.05, 0) is 30.1 Å². The lowest BCUT2D eigenvalue weighted by Crippen LogP contribution is -2.33. The van der Waals surface area contributed by atoms with Gasteiger partial charge >= 0.3 is 6.18 Å². The summed E-state index contributed by atoms with van der Waals surface area (Å²) in [7, 11) is 0. The number of ether oxygens (including phenoxy) is 1. The van der Waals surface area contributed by atoms with Crippen molar-refractivity contribution in [3.63, 3.8) is 0 Å². The van der Waals surface area contributed by atoms with Crippen LogP contribution in [0.2, 0.25) is 0 Å². The molecule has 146 valence electrons. The SMILES string of the molecule is Oc1cc(-c2ccc(O[C@H]3C[C@@H](c4ncc(C(F)(F)F)cc4F)C3)nc2)on1. The van der Waals surface area contributed by atoms with Gasteiger partial charge in [-0.25, -0.2) is 9.37 Å². The predicted molar refractivity (Wildman–Crippen MR) is 87.0 cm³/mol. The van der Waals surface area contributed by atoms with Crippen LogP contribution >= 0.6 is 0 Å². The molecule has 3 aromatic heterocycles. The van der Waals surface area contributed by atoms with E-state index in [-0.39, 0.29) is 23.6 Å². The fourth-order valence-electron chi connectivity index (χ4n) is 2.96. The molecular formula is C18H13F4N3O3. The highest BCUT2D eigenvalue weighted by atomic mass is 19.4. The number of rotatable bonds is 4. The van der Waals surface area contributed by atoms with Crippen LogP contribution in [0.5, 0.6) is 11.8 Å². The summed E-state index contributed by atoms with van der Waals surface area (Å²) in [5.74, 6) is -0.805. The molecule has 0 aliphatic heterocycles. The van der Waals surface area contributed by atoms with Crippen molar-refractivity contribution in [3.8, 4) is 23.1 Å². The van der Waals surface area contributed by atoms with Gasteiger partial charge in [0, 0.05) is 36.0 Å². The fraction of sp³-hybridized carbons (Fsp3) is 0.278. The summed E-state index contributed by atoms with van der Waals surface area (Å²) >= 11 is 0. The van der Waals surface area contributed by atoms with Gasteiger partial charge in [0.05, 0.1) is 11.3 Å². The molecule has 1 aliphatic rings. The molecule has 1 fully saturated rings. The van der Waals surface area contributed by atoms with E-state index in [4.69, 9.17) is 9.26 Å². The Balaban J connectivity index is 1.36. The normalized spacial score (nSPS) is 19.3. The minimum atomic E-state index is -4.63. The molecule has 0 aromatic carbocycles. The summed E-state index contributed by atoms with van der Waals surface area (Å²) in [6.45, 7) is 0. The fourth-order valence-corrected chi connectivity index (χ4v) is 2.96. The predicted octanol–water partition coefficient (Wildman–Crippen LogP) is 4.32. The molecule has 3 heterocycles. The van der Waals surface area contributed by atoms with Crippen molar-refractivity contribution in [1.82, 2.24) is 15.1 Å². The van der Waals surface area contributed by atoms with Crippen molar-refractivity contribution in [1.29, 1.82) is 0 Å². The molecule has 0 bridgehead atoms. The summed E-state index contributed by atoms with van der Waals surface area (Å²) in [4.78, 5) is 7.79. The number of pyridine rings is 2. The van der Waals surface area contributed by atoms with Crippen molar-refractivity contribution in [3.05, 3.63) is 53.7 Å². The summed E-state index contributed by atoms with van der Waals surface area (Å²) in [6, 6.07) is 5.10. The third-order valence-corrected chi connectivity index (χ3v) is 4.48. The lowest BCUT2D eigenvalue weighted by molar-refractivity contribution is -0.138. The Morgan fingerprint density at radius 2 is 1.89 bits per heavy atom. The van der Waals surface area contributed by atoms with E-state index in [1.54, 1.807) is 12.1 Å². The Labute approximate surface area is 155 Å². The van der Waals surface area contributed by atoms with Crippen LogP contribution in [0.25, 0.3) is 11.3 Å². The standard InChI is InChI=1S/C18H13F4N3O3/c19-13-5-11(18(20,21)22)8-24-17(13)10-3-12(4-10)27-16-2-1-9(7-23-16)14-6-15(26)25-28-14/h1-2,5-8,10,12H,3-4H2,(H,25,26)/t10-,12+. The smallest absolute Gasteiger partial charge is 0.417 e. The lowest BCUT2D eigenvalue weighted by atomic mass is 9.79. The lowest BCUT2D eigenvalue weighted by Gasteiger charge is -2.34. The molecule has 0 unspecified atom stereocenters. The molecule has 3 aromatic rings. The van der Waals surface area contributed by atoms with Gasteiger partial charge in [0.25, 0.3) is 5.88 Å². The number of hydrogen-bond acceptors (Lipinski definition) is 6. The van der Waals surface area contributed by atoms with E-state index in [2.05, 4.69) is 15.1 Å². The Hall–Kier alpha value is -3.17. The number of aromatic nitrogens is 3. The van der Waals surface area contributed by atoms with Gasteiger partial charge in [-0.3, -0.25) is 4.98 Å². The van der Waals surface area contributed by atoms with Crippen molar-refractivity contribution in [2.45, 2.75) is 31.0 Å². The van der Waals surface area contributed by atoms with Crippen molar-refractivity contribution >= 4 is 0 Å². The first-order chi connectivity index (χ1) is 13.3. The van der Waals surface area contributed by atoms with Gasteiger partial charge in [-0.1, -0.05) is 0 Å². The molecule has 0 atom stereocenters. The maximum Gasteiger partial charge on any atom is 0.417 e. The molecule has 1 aliphatic carbocycles. The molecule has 4 rings (SSSR count). The van der Waals surface area contributed by atoms with E-state index in [0.29, 0.717) is 42.3 Å². The molecule has 1 saturated carbocycles. The second kappa shape index (κ2) is 6.77. The summed E-state index contributed by atoms with van der Waals surface area (Å²) in [5, 5.41) is 12.6. The van der Waals surface area contributed by atoms with E-state index in [0.717, 1.165) is 0 Å². The second-order valence-electron chi connectivity index (χ2n) is 6.43. The van der Waals surface area contributed by atoms with Crippen LogP contribution in [-0.4, -0.2) is 26.3 Å². The van der Waals surface area contributed by atoms with E-state index >= 15 is 0 Å². The number of hydrogen-bond donors (Lipinski definition) is 1. The van der Waals surface area contributed by atoms with Crippen LogP contribution in [0.1, 0.15) is 30.0 Å². The van der Waals surface area contributed by atoms with Gasteiger partial charge in [0.1, 0.15) is 11.9 Å². The number of nitrogens with zero attached hydrogens (tertiary/aromatic N) is 3. The highest BCUT2D eigenvalue weighted by molar-refractivity contribution is 5.57. The summed E-state index contributed by atoms with van der Waals surface area (Å²) in [6.07, 6.45) is -1.87.